The summed E-state index contributed by atoms with van der Waals surface area (Å²) in [5.41, 5.74) is 8.61. The number of carbonyl (C=O) groups excluding carboxylic acids is 2. The van der Waals surface area contributed by atoms with Crippen LogP contribution in [0, 0.1) is 20.8 Å². The van der Waals surface area contributed by atoms with Crippen LogP contribution in [-0.2, 0) is 4.79 Å². The highest BCUT2D eigenvalue weighted by Crippen LogP contribution is 2.26. The number of ether oxygens (including phenoxy) is 1. The maximum absolute atomic E-state index is 12.4. The van der Waals surface area contributed by atoms with Gasteiger partial charge in [-0.2, -0.15) is 0 Å². The molecule has 2 aromatic rings. The Morgan fingerprint density at radius 1 is 1.16 bits per heavy atom. The number of halogens is 1. The van der Waals surface area contributed by atoms with Crippen molar-refractivity contribution >= 4 is 29.1 Å². The molecule has 25 heavy (non-hydrogen) atoms. The van der Waals surface area contributed by atoms with Gasteiger partial charge in [0.1, 0.15) is 5.75 Å². The summed E-state index contributed by atoms with van der Waals surface area (Å²) < 4.78 is 5.72. The van der Waals surface area contributed by atoms with Crippen molar-refractivity contribution < 1.29 is 14.3 Å². The summed E-state index contributed by atoms with van der Waals surface area (Å²) in [4.78, 5) is 23.8. The Morgan fingerprint density at radius 2 is 1.76 bits per heavy atom. The molecule has 0 aromatic heterocycles. The molecule has 0 saturated heterocycles. The molecule has 1 atom stereocenters. The standard InChI is InChI=1S/C19H21ClN2O3/c1-10-8-14(9-11(2)17(10)20)25-13(4)19(24)22-16-7-5-6-15(12(16)3)18(21)23/h5-9,13H,1-4H3,(H2,21,23)(H,22,24). The minimum absolute atomic E-state index is 0.324. The van der Waals surface area contributed by atoms with Crippen LogP contribution in [0.15, 0.2) is 30.3 Å². The molecule has 0 spiro atoms. The van der Waals surface area contributed by atoms with Crippen molar-refractivity contribution in [3.8, 4) is 5.75 Å². The van der Waals surface area contributed by atoms with Gasteiger partial charge in [-0.25, -0.2) is 0 Å². The second-order valence-electron chi connectivity index (χ2n) is 5.96. The monoisotopic (exact) mass is 360 g/mol. The lowest BCUT2D eigenvalue weighted by Gasteiger charge is -2.17. The maximum atomic E-state index is 12.4. The van der Waals surface area contributed by atoms with E-state index in [2.05, 4.69) is 5.32 Å². The van der Waals surface area contributed by atoms with E-state index in [1.807, 2.05) is 13.8 Å². The molecule has 5 nitrogen and oxygen atoms in total. The number of hydrogen-bond donors (Lipinski definition) is 2. The average molecular weight is 361 g/mol. The Labute approximate surface area is 152 Å². The van der Waals surface area contributed by atoms with Crippen LogP contribution < -0.4 is 15.8 Å². The zero-order valence-electron chi connectivity index (χ0n) is 14.6. The molecule has 2 amide bonds. The normalized spacial score (nSPS) is 11.7. The molecule has 0 aliphatic rings. The smallest absolute Gasteiger partial charge is 0.265 e. The first kappa shape index (κ1) is 18.8. The lowest BCUT2D eigenvalue weighted by atomic mass is 10.1. The van der Waals surface area contributed by atoms with Gasteiger partial charge in [0.25, 0.3) is 5.91 Å². The molecule has 2 aromatic carbocycles. The van der Waals surface area contributed by atoms with Crippen molar-refractivity contribution in [1.29, 1.82) is 0 Å². The number of rotatable bonds is 5. The van der Waals surface area contributed by atoms with Crippen molar-refractivity contribution in [2.24, 2.45) is 5.73 Å². The van der Waals surface area contributed by atoms with Gasteiger partial charge < -0.3 is 15.8 Å². The summed E-state index contributed by atoms with van der Waals surface area (Å²) in [6, 6.07) is 8.58. The van der Waals surface area contributed by atoms with Crippen LogP contribution in [0.4, 0.5) is 5.69 Å². The van der Waals surface area contributed by atoms with E-state index >= 15 is 0 Å². The van der Waals surface area contributed by atoms with Crippen molar-refractivity contribution in [3.05, 3.63) is 57.6 Å². The van der Waals surface area contributed by atoms with E-state index in [0.717, 1.165) is 11.1 Å². The second-order valence-corrected chi connectivity index (χ2v) is 6.34. The van der Waals surface area contributed by atoms with E-state index in [-0.39, 0.29) is 5.91 Å². The summed E-state index contributed by atoms with van der Waals surface area (Å²) in [5.74, 6) is -0.287. The Hall–Kier alpha value is -2.53. The van der Waals surface area contributed by atoms with E-state index in [1.54, 1.807) is 44.2 Å². The molecule has 0 aliphatic heterocycles. The molecular formula is C19H21ClN2O3. The topological polar surface area (TPSA) is 81.4 Å². The summed E-state index contributed by atoms with van der Waals surface area (Å²) in [6.07, 6.45) is -0.725. The van der Waals surface area contributed by atoms with Gasteiger partial charge in [-0.05, 0) is 68.7 Å². The number of hydrogen-bond acceptors (Lipinski definition) is 3. The molecule has 1 unspecified atom stereocenters. The average Bonchev–Trinajstić information content (AvgIpc) is 2.54. The first-order valence-electron chi connectivity index (χ1n) is 7.84. The predicted molar refractivity (Wildman–Crippen MR) is 99.3 cm³/mol. The first-order valence-corrected chi connectivity index (χ1v) is 8.22. The quantitative estimate of drug-likeness (QED) is 0.851. The fourth-order valence-corrected chi connectivity index (χ4v) is 2.61. The van der Waals surface area contributed by atoms with Crippen LogP contribution in [0.2, 0.25) is 5.02 Å². The molecule has 0 fully saturated rings. The van der Waals surface area contributed by atoms with E-state index in [1.165, 1.54) is 0 Å². The Bertz CT molecular complexity index is 810. The molecular weight excluding hydrogens is 340 g/mol. The highest BCUT2D eigenvalue weighted by atomic mass is 35.5. The van der Waals surface area contributed by atoms with Crippen LogP contribution in [0.1, 0.15) is 34.0 Å². The molecule has 132 valence electrons. The van der Waals surface area contributed by atoms with Crippen molar-refractivity contribution in [3.63, 3.8) is 0 Å². The van der Waals surface area contributed by atoms with Crippen LogP contribution in [0.5, 0.6) is 5.75 Å². The van der Waals surface area contributed by atoms with Crippen LogP contribution in [0.25, 0.3) is 0 Å². The van der Waals surface area contributed by atoms with Crippen molar-refractivity contribution in [1.82, 2.24) is 0 Å². The second kappa shape index (κ2) is 7.57. The summed E-state index contributed by atoms with van der Waals surface area (Å²) >= 11 is 6.14. The number of carbonyl (C=O) groups is 2. The fraction of sp³-hybridized carbons (Fsp3) is 0.263. The molecule has 3 N–H and O–H groups in total. The van der Waals surface area contributed by atoms with E-state index in [9.17, 15) is 9.59 Å². The van der Waals surface area contributed by atoms with Crippen LogP contribution in [-0.4, -0.2) is 17.9 Å². The van der Waals surface area contributed by atoms with E-state index in [0.29, 0.717) is 27.6 Å². The lowest BCUT2D eigenvalue weighted by molar-refractivity contribution is -0.122. The van der Waals surface area contributed by atoms with Gasteiger partial charge in [0.15, 0.2) is 6.10 Å². The number of aryl methyl sites for hydroxylation is 2. The molecule has 6 heteroatoms. The third-order valence-corrected chi connectivity index (χ3v) is 4.55. The third kappa shape index (κ3) is 4.31. The number of primary amides is 1. The fourth-order valence-electron chi connectivity index (χ4n) is 2.50. The largest absolute Gasteiger partial charge is 0.481 e. The molecule has 0 saturated carbocycles. The number of benzene rings is 2. The minimum atomic E-state index is -0.725. The number of nitrogens with two attached hydrogens (primary N) is 1. The van der Waals surface area contributed by atoms with Gasteiger partial charge in [-0.1, -0.05) is 17.7 Å². The first-order chi connectivity index (χ1) is 11.7. The van der Waals surface area contributed by atoms with Gasteiger partial charge in [-0.15, -0.1) is 0 Å². The zero-order valence-corrected chi connectivity index (χ0v) is 15.4. The highest BCUT2D eigenvalue weighted by molar-refractivity contribution is 6.32. The summed E-state index contributed by atoms with van der Waals surface area (Å²) in [5, 5.41) is 3.45. The maximum Gasteiger partial charge on any atom is 0.265 e. The van der Waals surface area contributed by atoms with Gasteiger partial charge in [0.05, 0.1) is 0 Å². The summed E-state index contributed by atoms with van der Waals surface area (Å²) in [7, 11) is 0. The third-order valence-electron chi connectivity index (χ3n) is 3.95. The van der Waals surface area contributed by atoms with E-state index < -0.39 is 12.0 Å². The predicted octanol–water partition coefficient (Wildman–Crippen LogP) is 3.77. The number of anilines is 1. The molecule has 0 heterocycles. The van der Waals surface area contributed by atoms with E-state index in [4.69, 9.17) is 22.1 Å². The van der Waals surface area contributed by atoms with Crippen LogP contribution >= 0.6 is 11.6 Å². The van der Waals surface area contributed by atoms with Crippen molar-refractivity contribution in [2.75, 3.05) is 5.32 Å². The number of amides is 2. The molecule has 0 radical (unpaired) electrons. The lowest BCUT2D eigenvalue weighted by Crippen LogP contribution is -2.30. The highest BCUT2D eigenvalue weighted by Gasteiger charge is 2.18. The molecule has 0 bridgehead atoms. The summed E-state index contributed by atoms with van der Waals surface area (Å²) in [6.45, 7) is 7.15. The Kier molecular flexibility index (Phi) is 5.69. The van der Waals surface area contributed by atoms with Gasteiger partial charge >= 0.3 is 0 Å². The Balaban J connectivity index is 2.14. The van der Waals surface area contributed by atoms with Gasteiger partial charge in [0.2, 0.25) is 5.91 Å². The van der Waals surface area contributed by atoms with Gasteiger partial charge in [0, 0.05) is 16.3 Å². The molecule has 2 rings (SSSR count). The van der Waals surface area contributed by atoms with Gasteiger partial charge in [-0.3, -0.25) is 9.59 Å². The van der Waals surface area contributed by atoms with Crippen molar-refractivity contribution in [2.45, 2.75) is 33.8 Å². The SMILES string of the molecule is Cc1cc(OC(C)C(=O)Nc2cccc(C(N)=O)c2C)cc(C)c1Cl. The minimum Gasteiger partial charge on any atom is -0.481 e. The zero-order chi connectivity index (χ0) is 18.7. The Morgan fingerprint density at radius 3 is 2.32 bits per heavy atom. The molecule has 0 aliphatic carbocycles. The van der Waals surface area contributed by atoms with Crippen LogP contribution in [0.3, 0.4) is 0 Å². The number of nitrogens with one attached hydrogen (secondary N) is 1.